The molecule has 304 valence electrons. The molecule has 3 aliphatic heterocycles. The number of aromatic nitrogens is 3. The van der Waals surface area contributed by atoms with Crippen LogP contribution in [0.2, 0.25) is 5.02 Å². The van der Waals surface area contributed by atoms with Crippen LogP contribution in [0.5, 0.6) is 0 Å². The van der Waals surface area contributed by atoms with Crippen LogP contribution in [0.4, 0.5) is 10.1 Å². The Morgan fingerprint density at radius 2 is 1.55 bits per heavy atom. The molecule has 56 heavy (non-hydrogen) atoms. The zero-order valence-electron chi connectivity index (χ0n) is 32.3. The summed E-state index contributed by atoms with van der Waals surface area (Å²) < 4.78 is 37.6. The van der Waals surface area contributed by atoms with E-state index in [2.05, 4.69) is 25.3 Å². The maximum absolute atomic E-state index is 14.4. The first kappa shape index (κ1) is 41.9. The summed E-state index contributed by atoms with van der Waals surface area (Å²) in [5, 5.41) is 0.578. The van der Waals surface area contributed by atoms with Gasteiger partial charge in [0.15, 0.2) is 0 Å². The Hall–Kier alpha value is -3.68. The summed E-state index contributed by atoms with van der Waals surface area (Å²) in [5.74, 6) is 3.42. The van der Waals surface area contributed by atoms with Gasteiger partial charge in [-0.25, -0.2) is 4.98 Å². The van der Waals surface area contributed by atoms with Gasteiger partial charge >= 0.3 is 0 Å². The molecule has 2 fully saturated rings. The molecule has 0 radical (unpaired) electrons. The summed E-state index contributed by atoms with van der Waals surface area (Å²) in [7, 11) is 0. The number of carbonyl (C=O) groups is 2. The molecule has 15 heteroatoms. The number of halogens is 2. The Balaban J connectivity index is 0.863. The van der Waals surface area contributed by atoms with Gasteiger partial charge in [-0.15, -0.1) is 6.42 Å². The number of aryl methyl sites for hydroxylation is 1. The molecule has 2 saturated heterocycles. The van der Waals surface area contributed by atoms with Gasteiger partial charge in [0.2, 0.25) is 11.8 Å². The van der Waals surface area contributed by atoms with E-state index in [9.17, 15) is 14.0 Å². The molecule has 5 heterocycles. The summed E-state index contributed by atoms with van der Waals surface area (Å²) in [6.45, 7) is 10.9. The number of pyridine rings is 1. The van der Waals surface area contributed by atoms with Crippen LogP contribution in [0, 0.1) is 12.3 Å². The molecule has 1 aromatic carbocycles. The molecule has 3 aliphatic rings. The number of piperidine rings is 1. The third-order valence-electron chi connectivity index (χ3n) is 11.0. The summed E-state index contributed by atoms with van der Waals surface area (Å²) in [4.78, 5) is 45.0. The Kier molecular flexibility index (Phi) is 15.9. The first-order valence-electron chi connectivity index (χ1n) is 19.9. The maximum Gasteiger partial charge on any atom is 0.238 e. The van der Waals surface area contributed by atoms with Crippen molar-refractivity contribution in [3.63, 3.8) is 0 Å². The van der Waals surface area contributed by atoms with E-state index < -0.39 is 5.41 Å². The number of hydrogen-bond acceptors (Lipinski definition) is 10. The second-order valence-corrected chi connectivity index (χ2v) is 14.9. The number of unbranched alkanes of at least 4 members (excludes halogenated alkanes) is 1. The lowest BCUT2D eigenvalue weighted by Crippen LogP contribution is -2.50. The van der Waals surface area contributed by atoms with Crippen molar-refractivity contribution >= 4 is 40.1 Å². The van der Waals surface area contributed by atoms with Gasteiger partial charge in [-0.05, 0) is 55.5 Å². The molecule has 0 bridgehead atoms. The summed E-state index contributed by atoms with van der Waals surface area (Å²) >= 11 is 6.28. The maximum atomic E-state index is 14.4. The minimum atomic E-state index is -0.743. The monoisotopic (exact) mass is 795 g/mol. The molecule has 0 unspecified atom stereocenters. The third-order valence-corrected chi connectivity index (χ3v) is 11.2. The Bertz CT molecular complexity index is 1770. The van der Waals surface area contributed by atoms with Crippen molar-refractivity contribution in [2.75, 3.05) is 117 Å². The number of rotatable bonds is 22. The van der Waals surface area contributed by atoms with Crippen molar-refractivity contribution in [3.8, 4) is 12.3 Å². The zero-order chi connectivity index (χ0) is 39.2. The fourth-order valence-electron chi connectivity index (χ4n) is 7.87. The van der Waals surface area contributed by atoms with Crippen molar-refractivity contribution in [2.24, 2.45) is 0 Å². The normalized spacial score (nSPS) is 17.3. The number of fused-ring (bicyclic) bond motifs is 3. The number of ether oxygens (including phenoxy) is 4. The average Bonchev–Trinajstić information content (AvgIpc) is 3.66. The van der Waals surface area contributed by atoms with Crippen molar-refractivity contribution in [2.45, 2.75) is 50.6 Å². The predicted molar refractivity (Wildman–Crippen MR) is 212 cm³/mol. The number of alkyl halides is 1. The minimum Gasteiger partial charge on any atom is -0.379 e. The molecule has 0 atom stereocenters. The van der Waals surface area contributed by atoms with Gasteiger partial charge in [0, 0.05) is 63.6 Å². The fourth-order valence-corrected chi connectivity index (χ4v) is 8.04. The quantitative estimate of drug-likeness (QED) is 0.110. The van der Waals surface area contributed by atoms with Crippen molar-refractivity contribution in [1.29, 1.82) is 0 Å². The van der Waals surface area contributed by atoms with Gasteiger partial charge in [-0.1, -0.05) is 17.5 Å². The van der Waals surface area contributed by atoms with E-state index in [0.717, 1.165) is 61.6 Å². The van der Waals surface area contributed by atoms with Crippen molar-refractivity contribution in [1.82, 2.24) is 29.2 Å². The van der Waals surface area contributed by atoms with Gasteiger partial charge < -0.3 is 33.3 Å². The first-order chi connectivity index (χ1) is 27.4. The van der Waals surface area contributed by atoms with E-state index >= 15 is 0 Å². The van der Waals surface area contributed by atoms with Crippen LogP contribution in [-0.2, 0) is 47.0 Å². The highest BCUT2D eigenvalue weighted by atomic mass is 35.5. The molecular formula is C41H55ClFN7O6. The minimum absolute atomic E-state index is 0.00662. The van der Waals surface area contributed by atoms with Gasteiger partial charge in [0.1, 0.15) is 5.82 Å². The molecule has 2 amide bonds. The molecule has 13 nitrogen and oxygen atoms in total. The van der Waals surface area contributed by atoms with Crippen molar-refractivity contribution in [3.05, 3.63) is 53.1 Å². The van der Waals surface area contributed by atoms with Crippen LogP contribution in [0.15, 0.2) is 36.7 Å². The first-order valence-corrected chi connectivity index (χ1v) is 20.3. The Morgan fingerprint density at radius 1 is 0.875 bits per heavy atom. The van der Waals surface area contributed by atoms with Crippen LogP contribution < -0.4 is 4.90 Å². The lowest BCUT2D eigenvalue weighted by atomic mass is 9.74. The second kappa shape index (κ2) is 21.2. The van der Waals surface area contributed by atoms with Crippen LogP contribution >= 0.6 is 11.6 Å². The Morgan fingerprint density at radius 3 is 2.25 bits per heavy atom. The summed E-state index contributed by atoms with van der Waals surface area (Å²) in [6, 6.07) is 7.48. The number of hydrogen-bond donors (Lipinski definition) is 0. The number of imidazole rings is 1. The number of piperazine rings is 1. The standard InChI is InChI=1S/C41H55ClFN7O6/c1-2-13-46-17-19-47(20-18-46)21-23-54-25-27-56-29-28-55-26-24-53-22-8-39(51)48-15-9-41(10-16-48)34-7-12-44-31-37(34)50(40(41)52)32-38-45-35-30-33(42)5-6-36(35)49(38)14-4-3-11-43/h1,5-7,12,30-31H,3-4,8-11,13-29,32H2. The molecular weight excluding hydrogens is 741 g/mol. The molecule has 2 aromatic heterocycles. The lowest BCUT2D eigenvalue weighted by molar-refractivity contribution is -0.136. The molecule has 6 rings (SSSR count). The fraction of sp³-hybridized carbons (Fsp3) is 0.610. The van der Waals surface area contributed by atoms with Crippen LogP contribution in [-0.4, -0.2) is 153 Å². The highest BCUT2D eigenvalue weighted by Gasteiger charge is 2.52. The van der Waals surface area contributed by atoms with Gasteiger partial charge in [0.05, 0.1) is 107 Å². The number of amides is 2. The van der Waals surface area contributed by atoms with Gasteiger partial charge in [-0.2, -0.15) is 0 Å². The number of likely N-dealkylation sites (tertiary alicyclic amines) is 1. The van der Waals surface area contributed by atoms with E-state index in [0.29, 0.717) is 109 Å². The molecule has 0 aliphatic carbocycles. The largest absolute Gasteiger partial charge is 0.379 e. The molecule has 0 saturated carbocycles. The van der Waals surface area contributed by atoms with Gasteiger partial charge in [-0.3, -0.25) is 28.8 Å². The number of anilines is 1. The van der Waals surface area contributed by atoms with E-state index in [1.165, 1.54) is 0 Å². The lowest BCUT2D eigenvalue weighted by Gasteiger charge is -2.38. The zero-order valence-corrected chi connectivity index (χ0v) is 33.1. The topological polar surface area (TPSA) is 115 Å². The molecule has 3 aromatic rings. The van der Waals surface area contributed by atoms with Crippen LogP contribution in [0.25, 0.3) is 11.0 Å². The van der Waals surface area contributed by atoms with E-state index in [4.69, 9.17) is 42.0 Å². The average molecular weight is 796 g/mol. The predicted octanol–water partition coefficient (Wildman–Crippen LogP) is 3.95. The number of terminal acetylenes is 1. The van der Waals surface area contributed by atoms with E-state index in [-0.39, 0.29) is 31.5 Å². The Labute approximate surface area is 334 Å². The highest BCUT2D eigenvalue weighted by Crippen LogP contribution is 2.48. The smallest absolute Gasteiger partial charge is 0.238 e. The highest BCUT2D eigenvalue weighted by molar-refractivity contribution is 6.31. The SMILES string of the molecule is C#CCN1CCN(CCOCCOCCOCCOCCC(=O)N2CCC3(CC2)C(=O)N(Cc2nc4cc(Cl)ccc4n2CCCCF)c2cnccc23)CC1. The number of carbonyl (C=O) groups excluding carboxylic acids is 2. The van der Waals surface area contributed by atoms with Gasteiger partial charge in [0.25, 0.3) is 0 Å². The molecule has 0 N–H and O–H groups in total. The molecule has 1 spiro atoms. The number of benzene rings is 1. The van der Waals surface area contributed by atoms with E-state index in [1.54, 1.807) is 17.3 Å². The van der Waals surface area contributed by atoms with Crippen LogP contribution in [0.1, 0.15) is 43.5 Å². The van der Waals surface area contributed by atoms with Crippen LogP contribution in [0.3, 0.4) is 0 Å². The number of nitrogens with zero attached hydrogens (tertiary/aromatic N) is 7. The second-order valence-electron chi connectivity index (χ2n) is 14.5. The summed E-state index contributed by atoms with van der Waals surface area (Å²) in [5.41, 5.74) is 2.60. The van der Waals surface area contributed by atoms with Crippen molar-refractivity contribution < 1.29 is 32.9 Å². The third kappa shape index (κ3) is 10.6. The van der Waals surface area contributed by atoms with E-state index in [1.807, 2.05) is 29.2 Å². The summed E-state index contributed by atoms with van der Waals surface area (Å²) in [6.07, 6.45) is 11.3.